The SMILES string of the molecule is CCCC(C)CN[C@H](C)c1cccc(Cl)c1. The molecule has 0 aliphatic carbocycles. The summed E-state index contributed by atoms with van der Waals surface area (Å²) in [4.78, 5) is 0. The first-order valence-electron chi connectivity index (χ1n) is 6.12. The van der Waals surface area contributed by atoms with Gasteiger partial charge in [0, 0.05) is 11.1 Å². The van der Waals surface area contributed by atoms with E-state index in [-0.39, 0.29) is 0 Å². The van der Waals surface area contributed by atoms with E-state index in [1.165, 1.54) is 18.4 Å². The molecule has 0 saturated carbocycles. The van der Waals surface area contributed by atoms with E-state index in [1.54, 1.807) is 0 Å². The number of rotatable bonds is 6. The zero-order valence-electron chi connectivity index (χ0n) is 10.5. The third-order valence-electron chi connectivity index (χ3n) is 2.90. The van der Waals surface area contributed by atoms with Gasteiger partial charge in [0.15, 0.2) is 0 Å². The van der Waals surface area contributed by atoms with Crippen LogP contribution in [0.2, 0.25) is 5.02 Å². The Morgan fingerprint density at radius 3 is 2.69 bits per heavy atom. The highest BCUT2D eigenvalue weighted by atomic mass is 35.5. The third kappa shape index (κ3) is 4.54. The molecule has 90 valence electrons. The van der Waals surface area contributed by atoms with Crippen LogP contribution in [0.1, 0.15) is 45.2 Å². The second kappa shape index (κ2) is 6.93. The number of benzene rings is 1. The van der Waals surface area contributed by atoms with Gasteiger partial charge in [0.1, 0.15) is 0 Å². The molecule has 0 heterocycles. The van der Waals surface area contributed by atoms with Gasteiger partial charge in [-0.25, -0.2) is 0 Å². The molecule has 1 aromatic rings. The zero-order valence-corrected chi connectivity index (χ0v) is 11.2. The van der Waals surface area contributed by atoms with E-state index < -0.39 is 0 Å². The van der Waals surface area contributed by atoms with E-state index in [2.05, 4.69) is 32.2 Å². The first-order valence-corrected chi connectivity index (χ1v) is 6.50. The summed E-state index contributed by atoms with van der Waals surface area (Å²) in [5.74, 6) is 0.742. The lowest BCUT2D eigenvalue weighted by atomic mass is 10.0. The molecule has 0 aromatic heterocycles. The number of nitrogens with one attached hydrogen (secondary N) is 1. The molecule has 2 atom stereocenters. The Morgan fingerprint density at radius 2 is 2.06 bits per heavy atom. The van der Waals surface area contributed by atoms with Crippen LogP contribution in [0.15, 0.2) is 24.3 Å². The summed E-state index contributed by atoms with van der Waals surface area (Å²) in [7, 11) is 0. The van der Waals surface area contributed by atoms with Crippen LogP contribution in [-0.4, -0.2) is 6.54 Å². The van der Waals surface area contributed by atoms with Crippen molar-refractivity contribution in [2.24, 2.45) is 5.92 Å². The van der Waals surface area contributed by atoms with E-state index in [4.69, 9.17) is 11.6 Å². The molecule has 0 saturated heterocycles. The van der Waals surface area contributed by atoms with Crippen molar-refractivity contribution in [3.8, 4) is 0 Å². The average Bonchev–Trinajstić information content (AvgIpc) is 2.26. The molecule has 0 bridgehead atoms. The van der Waals surface area contributed by atoms with Crippen molar-refractivity contribution in [2.75, 3.05) is 6.54 Å². The average molecular weight is 240 g/mol. The van der Waals surface area contributed by atoms with Crippen LogP contribution in [0.25, 0.3) is 0 Å². The summed E-state index contributed by atoms with van der Waals surface area (Å²) in [6, 6.07) is 8.44. The van der Waals surface area contributed by atoms with Gasteiger partial charge >= 0.3 is 0 Å². The fourth-order valence-corrected chi connectivity index (χ4v) is 2.07. The van der Waals surface area contributed by atoms with Gasteiger partial charge in [-0.1, -0.05) is 44.0 Å². The molecule has 1 rings (SSSR count). The van der Waals surface area contributed by atoms with Gasteiger partial charge in [0.2, 0.25) is 0 Å². The highest BCUT2D eigenvalue weighted by molar-refractivity contribution is 6.30. The maximum Gasteiger partial charge on any atom is 0.0409 e. The Kier molecular flexibility index (Phi) is 5.86. The molecule has 0 aliphatic heterocycles. The van der Waals surface area contributed by atoms with Crippen LogP contribution in [0.4, 0.5) is 0 Å². The largest absolute Gasteiger partial charge is 0.310 e. The Morgan fingerprint density at radius 1 is 1.31 bits per heavy atom. The Hall–Kier alpha value is -0.530. The minimum Gasteiger partial charge on any atom is -0.310 e. The molecule has 1 aromatic carbocycles. The van der Waals surface area contributed by atoms with Crippen molar-refractivity contribution < 1.29 is 0 Å². The molecule has 2 heteroatoms. The predicted molar refractivity (Wildman–Crippen MR) is 71.9 cm³/mol. The van der Waals surface area contributed by atoms with E-state index in [9.17, 15) is 0 Å². The van der Waals surface area contributed by atoms with E-state index in [0.717, 1.165) is 17.5 Å². The van der Waals surface area contributed by atoms with Gasteiger partial charge in [-0.05, 0) is 43.5 Å². The zero-order chi connectivity index (χ0) is 12.0. The summed E-state index contributed by atoms with van der Waals surface area (Å²) >= 11 is 5.97. The third-order valence-corrected chi connectivity index (χ3v) is 3.14. The topological polar surface area (TPSA) is 12.0 Å². The van der Waals surface area contributed by atoms with Crippen LogP contribution >= 0.6 is 11.6 Å². The highest BCUT2D eigenvalue weighted by Gasteiger charge is 2.07. The normalized spacial score (nSPS) is 14.8. The quantitative estimate of drug-likeness (QED) is 0.775. The molecule has 0 fully saturated rings. The minimum atomic E-state index is 0.373. The Bertz CT molecular complexity index is 311. The fourth-order valence-electron chi connectivity index (χ4n) is 1.87. The van der Waals surface area contributed by atoms with Gasteiger partial charge in [0.05, 0.1) is 0 Å². The Labute approximate surface area is 104 Å². The fraction of sp³-hybridized carbons (Fsp3) is 0.571. The molecule has 1 unspecified atom stereocenters. The molecule has 1 nitrogen and oxygen atoms in total. The number of hydrogen-bond acceptors (Lipinski definition) is 1. The van der Waals surface area contributed by atoms with Crippen LogP contribution < -0.4 is 5.32 Å². The van der Waals surface area contributed by atoms with E-state index in [0.29, 0.717) is 6.04 Å². The first kappa shape index (κ1) is 13.5. The van der Waals surface area contributed by atoms with Crippen LogP contribution in [0.3, 0.4) is 0 Å². The summed E-state index contributed by atoms with van der Waals surface area (Å²) in [5.41, 5.74) is 1.26. The van der Waals surface area contributed by atoms with Gasteiger partial charge in [0.25, 0.3) is 0 Å². The number of halogens is 1. The van der Waals surface area contributed by atoms with Crippen molar-refractivity contribution in [3.05, 3.63) is 34.9 Å². The number of hydrogen-bond donors (Lipinski definition) is 1. The van der Waals surface area contributed by atoms with Crippen LogP contribution in [-0.2, 0) is 0 Å². The minimum absolute atomic E-state index is 0.373. The Balaban J connectivity index is 2.43. The molecular formula is C14H22ClN. The lowest BCUT2D eigenvalue weighted by molar-refractivity contribution is 0.444. The molecule has 0 radical (unpaired) electrons. The van der Waals surface area contributed by atoms with Crippen molar-refractivity contribution in [2.45, 2.75) is 39.7 Å². The van der Waals surface area contributed by atoms with Crippen molar-refractivity contribution in [3.63, 3.8) is 0 Å². The van der Waals surface area contributed by atoms with Crippen LogP contribution in [0, 0.1) is 5.92 Å². The van der Waals surface area contributed by atoms with Gasteiger partial charge < -0.3 is 5.32 Å². The molecular weight excluding hydrogens is 218 g/mol. The summed E-state index contributed by atoms with van der Waals surface area (Å²) in [5, 5.41) is 4.36. The maximum atomic E-state index is 5.97. The molecule has 0 spiro atoms. The van der Waals surface area contributed by atoms with E-state index in [1.807, 2.05) is 18.2 Å². The van der Waals surface area contributed by atoms with Crippen molar-refractivity contribution in [1.29, 1.82) is 0 Å². The van der Waals surface area contributed by atoms with Gasteiger partial charge in [-0.3, -0.25) is 0 Å². The molecule has 16 heavy (non-hydrogen) atoms. The highest BCUT2D eigenvalue weighted by Crippen LogP contribution is 2.17. The summed E-state index contributed by atoms with van der Waals surface area (Å²) in [6.45, 7) is 7.78. The first-order chi connectivity index (χ1) is 7.63. The lowest BCUT2D eigenvalue weighted by Crippen LogP contribution is -2.24. The predicted octanol–water partition coefficient (Wildman–Crippen LogP) is 4.43. The van der Waals surface area contributed by atoms with E-state index >= 15 is 0 Å². The summed E-state index contributed by atoms with van der Waals surface area (Å²) < 4.78 is 0. The standard InChI is InChI=1S/C14H22ClN/c1-4-6-11(2)10-16-12(3)13-7-5-8-14(15)9-13/h5,7-9,11-12,16H,4,6,10H2,1-3H3/t11?,12-/m1/s1. The second-order valence-electron chi connectivity index (χ2n) is 4.58. The second-order valence-corrected chi connectivity index (χ2v) is 5.02. The monoisotopic (exact) mass is 239 g/mol. The smallest absolute Gasteiger partial charge is 0.0409 e. The van der Waals surface area contributed by atoms with Crippen LogP contribution in [0.5, 0.6) is 0 Å². The van der Waals surface area contributed by atoms with Crippen molar-refractivity contribution >= 4 is 11.6 Å². The van der Waals surface area contributed by atoms with Crippen molar-refractivity contribution in [1.82, 2.24) is 5.32 Å². The molecule has 0 amide bonds. The molecule has 0 aliphatic rings. The maximum absolute atomic E-state index is 5.97. The van der Waals surface area contributed by atoms with Gasteiger partial charge in [-0.2, -0.15) is 0 Å². The van der Waals surface area contributed by atoms with Gasteiger partial charge in [-0.15, -0.1) is 0 Å². The summed E-state index contributed by atoms with van der Waals surface area (Å²) in [6.07, 6.45) is 2.55. The molecule has 1 N–H and O–H groups in total. The lowest BCUT2D eigenvalue weighted by Gasteiger charge is -2.17.